The summed E-state index contributed by atoms with van der Waals surface area (Å²) < 4.78 is 58.8. The first-order valence-corrected chi connectivity index (χ1v) is 8.31. The summed E-state index contributed by atoms with van der Waals surface area (Å²) in [5.41, 5.74) is 0. The third kappa shape index (κ3) is 2.72. The van der Waals surface area contributed by atoms with Gasteiger partial charge in [0, 0.05) is 13.3 Å². The van der Waals surface area contributed by atoms with Crippen LogP contribution >= 0.6 is 22.9 Å². The Kier molecular flexibility index (Phi) is 2.36. The van der Waals surface area contributed by atoms with Crippen molar-refractivity contribution in [2.24, 2.45) is 13.5 Å². The van der Waals surface area contributed by atoms with E-state index in [0.29, 0.717) is 0 Å². The molecule has 1 rings (SSSR count). The Labute approximate surface area is 67.4 Å². The Morgan fingerprint density at radius 2 is 1.17 bits per heavy atom. The van der Waals surface area contributed by atoms with Crippen molar-refractivity contribution in [2.75, 3.05) is 13.3 Å². The Morgan fingerprint density at radius 1 is 0.750 bits per heavy atom. The molecule has 0 amide bonds. The number of hydrogen-bond acceptors (Lipinski definition) is 3. The van der Waals surface area contributed by atoms with E-state index in [1.807, 2.05) is 0 Å². The lowest BCUT2D eigenvalue weighted by Gasteiger charge is -2.15. The first kappa shape index (κ1) is 10.5. The van der Waals surface area contributed by atoms with Gasteiger partial charge in [0.25, 0.3) is 0 Å². The van der Waals surface area contributed by atoms with Gasteiger partial charge in [-0.05, 0) is 0 Å². The minimum atomic E-state index is -5.07. The highest BCUT2D eigenvalue weighted by atomic mass is 31.3. The van der Waals surface area contributed by atoms with Gasteiger partial charge in [0.05, 0.1) is 0 Å². The average Bonchev–Trinajstić information content (AvgIpc) is 1.44. The Bertz CT molecular complexity index is 280. The fourth-order valence-electron chi connectivity index (χ4n) is 0.744. The predicted octanol–water partition coefficient (Wildman–Crippen LogP) is 5.15. The van der Waals surface area contributed by atoms with Crippen molar-refractivity contribution in [1.82, 2.24) is 0 Å². The summed E-state index contributed by atoms with van der Waals surface area (Å²) in [4.78, 5) is 0. The molecule has 0 saturated heterocycles. The van der Waals surface area contributed by atoms with Crippen LogP contribution in [0.1, 0.15) is 0 Å². The molecular weight excluding hydrogens is 235 g/mol. The summed E-state index contributed by atoms with van der Waals surface area (Å²) in [6, 6.07) is 0. The molecule has 3 nitrogen and oxygen atoms in total. The summed E-state index contributed by atoms with van der Waals surface area (Å²) in [7, 11) is -13.0. The lowest BCUT2D eigenvalue weighted by Crippen LogP contribution is -1.73. The first-order valence-electron chi connectivity index (χ1n) is 2.77. The fourth-order valence-corrected chi connectivity index (χ4v) is 7.67. The van der Waals surface area contributed by atoms with E-state index < -0.39 is 22.9 Å². The highest BCUT2D eigenvalue weighted by Crippen LogP contribution is 2.78. The van der Waals surface area contributed by atoms with Crippen LogP contribution in [-0.4, -0.2) is 13.3 Å². The average molecular weight is 241 g/mol. The van der Waals surface area contributed by atoms with E-state index in [2.05, 4.69) is 13.5 Å². The molecule has 1 aliphatic rings. The molecule has 2 atom stereocenters. The van der Waals surface area contributed by atoms with Crippen molar-refractivity contribution in [2.45, 2.75) is 0 Å². The molecular formula is C2H6F4N3P3. The van der Waals surface area contributed by atoms with Gasteiger partial charge >= 0.3 is 7.83 Å². The molecule has 10 heteroatoms. The van der Waals surface area contributed by atoms with E-state index in [-0.39, 0.29) is 0 Å². The molecule has 0 bridgehead atoms. The van der Waals surface area contributed by atoms with Crippen molar-refractivity contribution < 1.29 is 16.8 Å². The summed E-state index contributed by atoms with van der Waals surface area (Å²) in [6.07, 6.45) is 0. The summed E-state index contributed by atoms with van der Waals surface area (Å²) >= 11 is 0. The van der Waals surface area contributed by atoms with Gasteiger partial charge in [-0.1, -0.05) is 0 Å². The molecule has 0 N–H and O–H groups in total. The second-order valence-corrected chi connectivity index (χ2v) is 8.64. The molecule has 0 spiro atoms. The third-order valence-corrected chi connectivity index (χ3v) is 7.81. The maximum Gasteiger partial charge on any atom is 0.421 e. The molecule has 1 aliphatic heterocycles. The minimum Gasteiger partial charge on any atom is -0.183 e. The fraction of sp³-hybridized carbons (Fsp3) is 1.00. The van der Waals surface area contributed by atoms with Crippen LogP contribution in [0.15, 0.2) is 13.5 Å². The van der Waals surface area contributed by atoms with Gasteiger partial charge in [-0.25, -0.2) is 0 Å². The van der Waals surface area contributed by atoms with Crippen LogP contribution in [0.2, 0.25) is 0 Å². The maximum absolute atomic E-state index is 12.9. The van der Waals surface area contributed by atoms with Gasteiger partial charge in [0.2, 0.25) is 15.0 Å². The van der Waals surface area contributed by atoms with Crippen molar-refractivity contribution >= 4 is 22.9 Å². The highest BCUT2D eigenvalue weighted by Gasteiger charge is 2.32. The van der Waals surface area contributed by atoms with Crippen LogP contribution < -0.4 is 0 Å². The lowest BCUT2D eigenvalue weighted by atomic mass is 12.0. The van der Waals surface area contributed by atoms with Crippen molar-refractivity contribution in [1.29, 1.82) is 0 Å². The predicted molar refractivity (Wildman–Crippen MR) is 44.3 cm³/mol. The molecule has 0 aliphatic carbocycles. The Hall–Kier alpha value is 0.410. The van der Waals surface area contributed by atoms with Crippen LogP contribution in [0.5, 0.6) is 0 Å². The van der Waals surface area contributed by atoms with Crippen LogP contribution in [0.25, 0.3) is 0 Å². The number of rotatable bonds is 0. The highest BCUT2D eigenvalue weighted by molar-refractivity contribution is 7.80. The monoisotopic (exact) mass is 241 g/mol. The normalized spacial score (nSPS) is 45.5. The largest absolute Gasteiger partial charge is 0.421 e. The van der Waals surface area contributed by atoms with Crippen molar-refractivity contribution in [3.05, 3.63) is 0 Å². The summed E-state index contributed by atoms with van der Waals surface area (Å²) in [5, 5.41) is 0. The van der Waals surface area contributed by atoms with Crippen LogP contribution in [-0.2, 0) is 0 Å². The van der Waals surface area contributed by atoms with E-state index >= 15 is 0 Å². The van der Waals surface area contributed by atoms with Crippen molar-refractivity contribution in [3.8, 4) is 0 Å². The summed E-state index contributed by atoms with van der Waals surface area (Å²) in [5.74, 6) is 0. The molecule has 1 heterocycles. The quantitative estimate of drug-likeness (QED) is 0.415. The standard InChI is InChI=1S/C2H6F4N3P3/c1-10(3)7-11(2,4)9-12(5,6)8-10/h1-2H3. The Morgan fingerprint density at radius 3 is 1.50 bits per heavy atom. The van der Waals surface area contributed by atoms with Gasteiger partial charge in [-0.15, -0.1) is 8.39 Å². The van der Waals surface area contributed by atoms with Crippen LogP contribution in [0, 0.1) is 0 Å². The van der Waals surface area contributed by atoms with E-state index in [1.54, 1.807) is 0 Å². The van der Waals surface area contributed by atoms with Gasteiger partial charge in [0.1, 0.15) is 0 Å². The molecule has 0 aromatic rings. The zero-order valence-electron chi connectivity index (χ0n) is 6.20. The van der Waals surface area contributed by atoms with Crippen molar-refractivity contribution in [3.63, 3.8) is 0 Å². The zero-order valence-corrected chi connectivity index (χ0v) is 8.88. The molecule has 0 aromatic heterocycles. The van der Waals surface area contributed by atoms with E-state index in [0.717, 1.165) is 13.3 Å². The molecule has 0 fully saturated rings. The maximum atomic E-state index is 12.9. The number of halogens is 4. The topological polar surface area (TPSA) is 37.1 Å². The lowest BCUT2D eigenvalue weighted by molar-refractivity contribution is 0.721. The molecule has 0 aromatic carbocycles. The van der Waals surface area contributed by atoms with E-state index in [1.165, 1.54) is 0 Å². The molecule has 0 radical (unpaired) electrons. The molecule has 12 heavy (non-hydrogen) atoms. The first-order chi connectivity index (χ1) is 5.12. The SMILES string of the molecule is CP1(F)=NP(C)(F)=NP(F)(F)=N1. The number of hydrogen-bond donors (Lipinski definition) is 0. The smallest absolute Gasteiger partial charge is 0.183 e. The van der Waals surface area contributed by atoms with Gasteiger partial charge in [-0.3, -0.25) is 0 Å². The van der Waals surface area contributed by atoms with Gasteiger partial charge in [-0.2, -0.15) is 21.9 Å². The van der Waals surface area contributed by atoms with E-state index in [9.17, 15) is 16.8 Å². The second-order valence-electron chi connectivity index (χ2n) is 2.34. The van der Waals surface area contributed by atoms with Crippen LogP contribution in [0.4, 0.5) is 16.8 Å². The minimum absolute atomic E-state index is 0.799. The van der Waals surface area contributed by atoms with Gasteiger partial charge < -0.3 is 0 Å². The molecule has 0 saturated carbocycles. The van der Waals surface area contributed by atoms with E-state index in [4.69, 9.17) is 0 Å². The molecule has 2 unspecified atom stereocenters. The third-order valence-electron chi connectivity index (χ3n) is 0.868. The Balaban J connectivity index is 3.46. The van der Waals surface area contributed by atoms with Gasteiger partial charge in [0.15, 0.2) is 0 Å². The summed E-state index contributed by atoms with van der Waals surface area (Å²) in [6.45, 7) is 1.60. The second kappa shape index (κ2) is 2.70. The molecule has 72 valence electrons. The zero-order chi connectivity index (χ0) is 9.62. The van der Waals surface area contributed by atoms with Crippen LogP contribution in [0.3, 0.4) is 0 Å². The number of nitrogens with zero attached hydrogens (tertiary/aromatic N) is 3.